The van der Waals surface area contributed by atoms with Crippen LogP contribution >= 0.6 is 0 Å². The zero-order chi connectivity index (χ0) is 47.1. The molecule has 17 heteroatoms. The summed E-state index contributed by atoms with van der Waals surface area (Å²) < 4.78 is 36.5. The van der Waals surface area contributed by atoms with Crippen LogP contribution in [0, 0.1) is 45.3 Å². The number of fused-ring (bicyclic) bond motifs is 5. The number of ether oxygens (including phenoxy) is 6. The molecule has 24 atom stereocenters. The first-order valence-electron chi connectivity index (χ1n) is 23.8. The van der Waals surface area contributed by atoms with Crippen LogP contribution in [-0.2, 0) is 28.4 Å². The van der Waals surface area contributed by atoms with Crippen LogP contribution in [0.1, 0.15) is 113 Å². The second kappa shape index (κ2) is 18.8. The Balaban J connectivity index is 1.11. The van der Waals surface area contributed by atoms with Gasteiger partial charge in [-0.15, -0.1) is 0 Å². The van der Waals surface area contributed by atoms with E-state index in [9.17, 15) is 56.2 Å². The smallest absolute Gasteiger partial charge is 0.187 e. The Hall–Kier alpha value is -0.940. The lowest BCUT2D eigenvalue weighted by molar-refractivity contribution is -0.346. The average molecular weight is 917 g/mol. The summed E-state index contributed by atoms with van der Waals surface area (Å²) in [5.41, 5.74) is -0.948. The SMILES string of the molecule is CC(C)=CCC[C@](C)(O[C@H]1O[C@@H](CO[C@@H]2OC[C@H](O)[C@@H](O)[C@@H]2O)[C@H](O)[C@@H](O)[C@@H]1O)[C@@H]1CC[C@]2(C)[C@@H]1[C@H](O)C[C@@H]1[C@]3(C)CC[C@H](O[C@@H]4O[C@H](CO)[C@@H](O)[C@H](O)[C@@H]4O)C(C)(C)[C@@H]3CC[C@@]12C. The van der Waals surface area contributed by atoms with Gasteiger partial charge in [-0.3, -0.25) is 0 Å². The normalized spacial score (nSPS) is 52.5. The molecule has 0 unspecified atom stereocenters. The molecule has 7 aliphatic rings. The molecule has 7 fully saturated rings. The lowest BCUT2D eigenvalue weighted by atomic mass is 9.35. The van der Waals surface area contributed by atoms with E-state index in [2.05, 4.69) is 40.7 Å². The summed E-state index contributed by atoms with van der Waals surface area (Å²) in [6.07, 6.45) is -12.4. The summed E-state index contributed by atoms with van der Waals surface area (Å²) in [6, 6.07) is 0. The quantitative estimate of drug-likeness (QED) is 0.0946. The van der Waals surface area contributed by atoms with Gasteiger partial charge in [0.15, 0.2) is 18.9 Å². The lowest BCUT2D eigenvalue weighted by Crippen LogP contribution is -2.67. The van der Waals surface area contributed by atoms with Crippen LogP contribution < -0.4 is 0 Å². The largest absolute Gasteiger partial charge is 0.394 e. The summed E-state index contributed by atoms with van der Waals surface area (Å²) in [7, 11) is 0. The maximum Gasteiger partial charge on any atom is 0.187 e. The number of aliphatic hydroxyl groups is 11. The molecule has 0 radical (unpaired) electrons. The van der Waals surface area contributed by atoms with E-state index in [1.54, 1.807) is 0 Å². The van der Waals surface area contributed by atoms with Gasteiger partial charge < -0.3 is 84.6 Å². The summed E-state index contributed by atoms with van der Waals surface area (Å²) in [5, 5.41) is 118. The van der Waals surface area contributed by atoms with Gasteiger partial charge in [-0.2, -0.15) is 0 Å². The van der Waals surface area contributed by atoms with Crippen LogP contribution in [0.4, 0.5) is 0 Å². The molecule has 0 aromatic rings. The van der Waals surface area contributed by atoms with Gasteiger partial charge >= 0.3 is 0 Å². The minimum atomic E-state index is -1.68. The molecule has 4 aliphatic carbocycles. The molecule has 17 nitrogen and oxygen atoms in total. The third-order valence-corrected chi connectivity index (χ3v) is 18.4. The van der Waals surface area contributed by atoms with Crippen molar-refractivity contribution in [2.45, 2.75) is 217 Å². The first-order valence-corrected chi connectivity index (χ1v) is 23.8. The molecule has 4 saturated carbocycles. The molecule has 0 bridgehead atoms. The fraction of sp³-hybridized carbons (Fsp3) is 0.957. The van der Waals surface area contributed by atoms with Crippen LogP contribution in [0.3, 0.4) is 0 Å². The van der Waals surface area contributed by atoms with E-state index >= 15 is 0 Å². The molecule has 0 spiro atoms. The van der Waals surface area contributed by atoms with Crippen molar-refractivity contribution in [1.82, 2.24) is 0 Å². The lowest BCUT2D eigenvalue weighted by Gasteiger charge is -2.71. The maximum atomic E-state index is 12.7. The fourth-order valence-corrected chi connectivity index (χ4v) is 14.5. The van der Waals surface area contributed by atoms with E-state index in [0.717, 1.165) is 37.7 Å². The Morgan fingerprint density at radius 1 is 0.672 bits per heavy atom. The van der Waals surface area contributed by atoms with Gasteiger partial charge in [-0.05, 0) is 124 Å². The highest BCUT2D eigenvalue weighted by atomic mass is 16.7. The van der Waals surface area contributed by atoms with E-state index in [4.69, 9.17) is 28.4 Å². The van der Waals surface area contributed by atoms with Crippen LogP contribution in [0.25, 0.3) is 0 Å². The van der Waals surface area contributed by atoms with E-state index in [1.165, 1.54) is 0 Å². The molecule has 7 rings (SSSR count). The van der Waals surface area contributed by atoms with Gasteiger partial charge in [-0.25, -0.2) is 0 Å². The van der Waals surface area contributed by atoms with Crippen molar-refractivity contribution >= 4 is 0 Å². The highest BCUT2D eigenvalue weighted by molar-refractivity contribution is 5.20. The Morgan fingerprint density at radius 3 is 1.94 bits per heavy atom. The van der Waals surface area contributed by atoms with Crippen LogP contribution in [-0.4, -0.2) is 180 Å². The maximum absolute atomic E-state index is 12.7. The Kier molecular flexibility index (Phi) is 14.9. The standard InChI is InChI=1S/C47H80O17/c1-22(2)10-9-14-47(8,64-42-39(58)36(55)34(53)27(62-42)21-60-40-37(56)32(51)25(50)20-59-40)23-11-16-46(7)31(23)24(49)18-29-44(5)15-13-30(43(3,4)28(44)12-17-45(29,46)6)63-41-38(57)35(54)33(52)26(19-48)61-41/h10,23-42,48-58H,9,11-21H2,1-8H3/t23-,24-,25+,26-,27+,28+,29-,30+,31+,32-,33-,34+,35+,36-,37+,38+,39+,40+,41+,42-,44-,45+,46-,47+/m1/s1. The van der Waals surface area contributed by atoms with E-state index < -0.39 is 116 Å². The van der Waals surface area contributed by atoms with Gasteiger partial charge in [0.2, 0.25) is 0 Å². The molecular formula is C47H80O17. The minimum absolute atomic E-state index is 0.149. The fourth-order valence-electron chi connectivity index (χ4n) is 14.5. The topological polar surface area (TPSA) is 278 Å². The van der Waals surface area contributed by atoms with Crippen molar-refractivity contribution in [3.63, 3.8) is 0 Å². The van der Waals surface area contributed by atoms with Gasteiger partial charge in [0.05, 0.1) is 37.6 Å². The molecule has 0 aromatic heterocycles. The second-order valence-electron chi connectivity index (χ2n) is 22.5. The zero-order valence-corrected chi connectivity index (χ0v) is 39.0. The molecule has 64 heavy (non-hydrogen) atoms. The number of allylic oxidation sites excluding steroid dienone is 2. The third kappa shape index (κ3) is 8.60. The molecule has 11 N–H and O–H groups in total. The molecule has 3 heterocycles. The van der Waals surface area contributed by atoms with E-state index in [1.807, 2.05) is 20.8 Å². The average Bonchev–Trinajstić information content (AvgIpc) is 3.62. The monoisotopic (exact) mass is 917 g/mol. The van der Waals surface area contributed by atoms with E-state index in [0.29, 0.717) is 25.7 Å². The predicted octanol–water partition coefficient (Wildman–Crippen LogP) is 0.612. The second-order valence-corrected chi connectivity index (χ2v) is 22.5. The van der Waals surface area contributed by atoms with Crippen LogP contribution in [0.2, 0.25) is 0 Å². The number of rotatable bonds is 12. The Labute approximate surface area is 377 Å². The highest BCUT2D eigenvalue weighted by Gasteiger charge is 2.72. The van der Waals surface area contributed by atoms with Gasteiger partial charge in [-0.1, -0.05) is 46.3 Å². The molecule has 3 saturated heterocycles. The number of hydrogen-bond donors (Lipinski definition) is 11. The van der Waals surface area contributed by atoms with Crippen molar-refractivity contribution in [3.8, 4) is 0 Å². The first-order chi connectivity index (χ1) is 29.9. The summed E-state index contributed by atoms with van der Waals surface area (Å²) >= 11 is 0. The van der Waals surface area contributed by atoms with Gasteiger partial charge in [0.25, 0.3) is 0 Å². The van der Waals surface area contributed by atoms with Crippen molar-refractivity contribution in [3.05, 3.63) is 11.6 Å². The van der Waals surface area contributed by atoms with Gasteiger partial charge in [0.1, 0.15) is 67.1 Å². The van der Waals surface area contributed by atoms with Crippen molar-refractivity contribution in [2.75, 3.05) is 19.8 Å². The summed E-state index contributed by atoms with van der Waals surface area (Å²) in [6.45, 7) is 16.3. The van der Waals surface area contributed by atoms with Crippen molar-refractivity contribution in [2.24, 2.45) is 45.3 Å². The summed E-state index contributed by atoms with van der Waals surface area (Å²) in [5.74, 6) is -0.0478. The zero-order valence-electron chi connectivity index (χ0n) is 39.0. The van der Waals surface area contributed by atoms with Crippen molar-refractivity contribution < 1.29 is 84.6 Å². The minimum Gasteiger partial charge on any atom is -0.394 e. The molecule has 0 amide bonds. The Bertz CT molecular complexity index is 1630. The molecular weight excluding hydrogens is 836 g/mol. The predicted molar refractivity (Wildman–Crippen MR) is 228 cm³/mol. The highest BCUT2D eigenvalue weighted by Crippen LogP contribution is 2.76. The van der Waals surface area contributed by atoms with Crippen LogP contribution in [0.5, 0.6) is 0 Å². The Morgan fingerprint density at radius 2 is 1.28 bits per heavy atom. The van der Waals surface area contributed by atoms with Crippen molar-refractivity contribution in [1.29, 1.82) is 0 Å². The van der Waals surface area contributed by atoms with E-state index in [-0.39, 0.29) is 52.6 Å². The molecule has 3 aliphatic heterocycles. The number of aliphatic hydroxyl groups excluding tert-OH is 11. The number of hydrogen-bond acceptors (Lipinski definition) is 17. The molecule has 0 aromatic carbocycles. The first kappa shape index (κ1) is 50.9. The van der Waals surface area contributed by atoms with Gasteiger partial charge in [0, 0.05) is 0 Å². The molecule has 370 valence electrons. The third-order valence-electron chi connectivity index (χ3n) is 18.4. The van der Waals surface area contributed by atoms with Crippen LogP contribution in [0.15, 0.2) is 11.6 Å². The summed E-state index contributed by atoms with van der Waals surface area (Å²) in [4.78, 5) is 0.